The molecule has 0 heterocycles. The van der Waals surface area contributed by atoms with Gasteiger partial charge in [-0.3, -0.25) is 4.99 Å². The van der Waals surface area contributed by atoms with Crippen molar-refractivity contribution in [1.29, 1.82) is 0 Å². The van der Waals surface area contributed by atoms with Gasteiger partial charge >= 0.3 is 6.18 Å². The van der Waals surface area contributed by atoms with Crippen LogP contribution in [0.1, 0.15) is 28.3 Å². The van der Waals surface area contributed by atoms with E-state index < -0.39 is 11.7 Å². The first-order valence-corrected chi connectivity index (χ1v) is 7.93. The quantitative estimate of drug-likeness (QED) is 0.517. The average molecular weight is 337 g/mol. The van der Waals surface area contributed by atoms with Crippen molar-refractivity contribution in [2.75, 3.05) is 0 Å². The normalized spacial score (nSPS) is 13.9. The van der Waals surface area contributed by atoms with Crippen LogP contribution in [-0.4, -0.2) is 6.21 Å². The summed E-state index contributed by atoms with van der Waals surface area (Å²) in [6, 6.07) is 21.1. The SMILES string of the molecule is FC(F)(F)c1ccc(C=NC2c3ccccc3-c3ccccc32)cc1. The van der Waals surface area contributed by atoms with Crippen molar-refractivity contribution in [2.24, 2.45) is 4.99 Å². The summed E-state index contributed by atoms with van der Waals surface area (Å²) in [4.78, 5) is 4.66. The number of nitrogens with zero attached hydrogens (tertiary/aromatic N) is 1. The number of hydrogen-bond acceptors (Lipinski definition) is 1. The van der Waals surface area contributed by atoms with E-state index in [2.05, 4.69) is 17.1 Å². The second-order valence-electron chi connectivity index (χ2n) is 5.97. The fourth-order valence-electron chi connectivity index (χ4n) is 3.21. The third kappa shape index (κ3) is 2.84. The van der Waals surface area contributed by atoms with Crippen molar-refractivity contribution in [1.82, 2.24) is 0 Å². The highest BCUT2D eigenvalue weighted by atomic mass is 19.4. The molecule has 0 atom stereocenters. The Morgan fingerprint density at radius 1 is 0.720 bits per heavy atom. The topological polar surface area (TPSA) is 12.4 Å². The fraction of sp³-hybridized carbons (Fsp3) is 0.0952. The smallest absolute Gasteiger partial charge is 0.280 e. The Bertz CT molecular complexity index is 894. The lowest BCUT2D eigenvalue weighted by Gasteiger charge is -2.08. The third-order valence-corrected chi connectivity index (χ3v) is 4.41. The van der Waals surface area contributed by atoms with Crippen LogP contribution < -0.4 is 0 Å². The van der Waals surface area contributed by atoms with Crippen molar-refractivity contribution in [2.45, 2.75) is 12.2 Å². The summed E-state index contributed by atoms with van der Waals surface area (Å²) < 4.78 is 37.9. The maximum absolute atomic E-state index is 12.6. The maximum Gasteiger partial charge on any atom is 0.416 e. The Kier molecular flexibility index (Phi) is 3.68. The van der Waals surface area contributed by atoms with E-state index in [1.807, 2.05) is 36.4 Å². The third-order valence-electron chi connectivity index (χ3n) is 4.41. The van der Waals surface area contributed by atoms with Crippen LogP contribution in [0.2, 0.25) is 0 Å². The number of fused-ring (bicyclic) bond motifs is 3. The van der Waals surface area contributed by atoms with Gasteiger partial charge in [-0.05, 0) is 39.9 Å². The van der Waals surface area contributed by atoms with E-state index in [9.17, 15) is 13.2 Å². The number of aliphatic imine (C=N–C) groups is 1. The van der Waals surface area contributed by atoms with Crippen molar-refractivity contribution in [3.05, 3.63) is 95.1 Å². The minimum absolute atomic E-state index is 0.130. The summed E-state index contributed by atoms with van der Waals surface area (Å²) in [7, 11) is 0. The lowest BCUT2D eigenvalue weighted by Crippen LogP contribution is -2.04. The van der Waals surface area contributed by atoms with Gasteiger partial charge in [0.25, 0.3) is 0 Å². The molecule has 3 aromatic rings. The first kappa shape index (κ1) is 15.6. The highest BCUT2D eigenvalue weighted by Crippen LogP contribution is 2.45. The standard InChI is InChI=1S/C21H14F3N/c22-21(23,24)15-11-9-14(10-12-15)13-25-20-18-7-3-1-5-16(18)17-6-2-4-8-19(17)20/h1-13,20H. The number of hydrogen-bond donors (Lipinski definition) is 0. The molecule has 0 aliphatic heterocycles. The van der Waals surface area contributed by atoms with Crippen LogP contribution in [0.4, 0.5) is 13.2 Å². The molecule has 4 heteroatoms. The van der Waals surface area contributed by atoms with Gasteiger partial charge in [0.15, 0.2) is 0 Å². The number of halogens is 3. The van der Waals surface area contributed by atoms with E-state index in [1.165, 1.54) is 12.1 Å². The Morgan fingerprint density at radius 2 is 1.24 bits per heavy atom. The summed E-state index contributed by atoms with van der Waals surface area (Å²) in [5.74, 6) is 0. The minimum Gasteiger partial charge on any atom is -0.280 e. The Hall–Kier alpha value is -2.88. The van der Waals surface area contributed by atoms with Gasteiger partial charge in [0, 0.05) is 6.21 Å². The molecule has 0 spiro atoms. The Balaban J connectivity index is 1.68. The molecular weight excluding hydrogens is 323 g/mol. The zero-order chi connectivity index (χ0) is 17.4. The molecule has 0 amide bonds. The molecule has 0 saturated heterocycles. The zero-order valence-corrected chi connectivity index (χ0v) is 13.2. The lowest BCUT2D eigenvalue weighted by atomic mass is 10.1. The molecule has 124 valence electrons. The van der Waals surface area contributed by atoms with Crippen LogP contribution in [0.25, 0.3) is 11.1 Å². The molecule has 0 N–H and O–H groups in total. The van der Waals surface area contributed by atoms with Gasteiger partial charge in [-0.1, -0.05) is 60.7 Å². The molecule has 0 unspecified atom stereocenters. The van der Waals surface area contributed by atoms with E-state index in [1.54, 1.807) is 6.21 Å². The first-order valence-electron chi connectivity index (χ1n) is 7.93. The summed E-state index contributed by atoms with van der Waals surface area (Å²) >= 11 is 0. The van der Waals surface area contributed by atoms with Gasteiger partial charge in [-0.25, -0.2) is 0 Å². The molecule has 25 heavy (non-hydrogen) atoms. The van der Waals surface area contributed by atoms with E-state index >= 15 is 0 Å². The first-order chi connectivity index (χ1) is 12.0. The van der Waals surface area contributed by atoms with Gasteiger partial charge in [0.1, 0.15) is 6.04 Å². The zero-order valence-electron chi connectivity index (χ0n) is 13.2. The van der Waals surface area contributed by atoms with E-state index in [4.69, 9.17) is 0 Å². The van der Waals surface area contributed by atoms with Crippen molar-refractivity contribution in [3.8, 4) is 11.1 Å². The molecule has 0 fully saturated rings. The Labute approximate surface area is 143 Å². The molecule has 0 bridgehead atoms. The molecule has 0 aromatic heterocycles. The summed E-state index contributed by atoms with van der Waals surface area (Å²) in [6.07, 6.45) is -2.68. The molecular formula is C21H14F3N. The summed E-state index contributed by atoms with van der Waals surface area (Å²) in [6.45, 7) is 0. The number of benzene rings is 3. The van der Waals surface area contributed by atoms with Crippen molar-refractivity contribution in [3.63, 3.8) is 0 Å². The van der Waals surface area contributed by atoms with Crippen LogP contribution >= 0.6 is 0 Å². The molecule has 0 saturated carbocycles. The monoisotopic (exact) mass is 337 g/mol. The molecule has 3 aromatic carbocycles. The average Bonchev–Trinajstić information content (AvgIpc) is 2.94. The van der Waals surface area contributed by atoms with E-state index in [-0.39, 0.29) is 6.04 Å². The number of rotatable bonds is 2. The van der Waals surface area contributed by atoms with Crippen molar-refractivity contribution < 1.29 is 13.2 Å². The molecule has 4 rings (SSSR count). The fourth-order valence-corrected chi connectivity index (χ4v) is 3.21. The Morgan fingerprint density at radius 3 is 1.76 bits per heavy atom. The molecule has 1 aliphatic carbocycles. The van der Waals surface area contributed by atoms with Crippen LogP contribution in [0.5, 0.6) is 0 Å². The van der Waals surface area contributed by atoms with Crippen LogP contribution in [0.15, 0.2) is 77.8 Å². The van der Waals surface area contributed by atoms with Crippen LogP contribution in [0, 0.1) is 0 Å². The highest BCUT2D eigenvalue weighted by molar-refractivity contribution is 5.83. The second-order valence-corrected chi connectivity index (χ2v) is 5.97. The second kappa shape index (κ2) is 5.88. The van der Waals surface area contributed by atoms with Gasteiger partial charge in [-0.2, -0.15) is 13.2 Å². The molecule has 1 aliphatic rings. The summed E-state index contributed by atoms with van der Waals surface area (Å²) in [5, 5.41) is 0. The van der Waals surface area contributed by atoms with E-state index in [0.717, 1.165) is 34.4 Å². The predicted octanol–water partition coefficient (Wildman–Crippen LogP) is 5.89. The maximum atomic E-state index is 12.6. The van der Waals surface area contributed by atoms with Gasteiger partial charge in [-0.15, -0.1) is 0 Å². The van der Waals surface area contributed by atoms with E-state index in [0.29, 0.717) is 5.56 Å². The van der Waals surface area contributed by atoms with Gasteiger partial charge < -0.3 is 0 Å². The van der Waals surface area contributed by atoms with Crippen LogP contribution in [-0.2, 0) is 6.18 Å². The van der Waals surface area contributed by atoms with Gasteiger partial charge in [0.05, 0.1) is 5.56 Å². The lowest BCUT2D eigenvalue weighted by molar-refractivity contribution is -0.137. The summed E-state index contributed by atoms with van der Waals surface area (Å²) in [5.41, 5.74) is 4.55. The van der Waals surface area contributed by atoms with Gasteiger partial charge in [0.2, 0.25) is 0 Å². The number of alkyl halides is 3. The highest BCUT2D eigenvalue weighted by Gasteiger charge is 2.30. The predicted molar refractivity (Wildman–Crippen MR) is 92.8 cm³/mol. The van der Waals surface area contributed by atoms with Crippen molar-refractivity contribution >= 4 is 6.21 Å². The minimum atomic E-state index is -4.32. The molecule has 0 radical (unpaired) electrons. The molecule has 1 nitrogen and oxygen atoms in total. The van der Waals surface area contributed by atoms with Crippen LogP contribution in [0.3, 0.4) is 0 Å². The largest absolute Gasteiger partial charge is 0.416 e.